The first-order chi connectivity index (χ1) is 13.0. The highest BCUT2D eigenvalue weighted by molar-refractivity contribution is 9.10. The minimum atomic E-state index is -0.370. The number of carbonyl (C=O) groups excluding carboxylic acids is 1. The molecule has 2 N–H and O–H groups in total. The normalized spacial score (nSPS) is 32.6. The van der Waals surface area contributed by atoms with Crippen LogP contribution in [0.2, 0.25) is 0 Å². The average Bonchev–Trinajstić information content (AvgIpc) is 2.63. The van der Waals surface area contributed by atoms with Gasteiger partial charge in [-0.2, -0.15) is 5.26 Å². The average molecular weight is 428 g/mol. The molecule has 1 aromatic rings. The number of hydrogen-bond donors (Lipinski definition) is 2. The lowest BCUT2D eigenvalue weighted by atomic mass is 9.48. The van der Waals surface area contributed by atoms with E-state index in [1.54, 1.807) is 6.20 Å². The molecule has 5 rings (SSSR count). The van der Waals surface area contributed by atoms with Crippen molar-refractivity contribution in [2.75, 3.05) is 5.32 Å². The van der Waals surface area contributed by atoms with E-state index in [1.165, 1.54) is 38.5 Å². The van der Waals surface area contributed by atoms with Gasteiger partial charge in [0.2, 0.25) is 0 Å². The molecule has 5 heteroatoms. The molecular formula is C22H26BrN3O. The van der Waals surface area contributed by atoms with Crippen molar-refractivity contribution in [2.24, 2.45) is 23.2 Å². The number of benzene rings is 1. The Bertz CT molecular complexity index is 757. The van der Waals surface area contributed by atoms with Gasteiger partial charge in [-0.3, -0.25) is 4.79 Å². The van der Waals surface area contributed by atoms with Crippen LogP contribution in [-0.2, 0) is 4.79 Å². The third kappa shape index (κ3) is 3.78. The molecule has 4 fully saturated rings. The van der Waals surface area contributed by atoms with E-state index in [2.05, 4.69) is 33.5 Å². The minimum absolute atomic E-state index is 0.120. The Balaban J connectivity index is 1.42. The number of halogens is 1. The Labute approximate surface area is 169 Å². The van der Waals surface area contributed by atoms with Gasteiger partial charge >= 0.3 is 0 Å². The largest absolute Gasteiger partial charge is 0.387 e. The first-order valence-corrected chi connectivity index (χ1v) is 10.7. The molecule has 0 saturated heterocycles. The number of anilines is 1. The Morgan fingerprint density at radius 1 is 1.19 bits per heavy atom. The molecule has 0 heterocycles. The molecule has 0 aliphatic heterocycles. The molecule has 1 atom stereocenters. The molecule has 4 aliphatic carbocycles. The Kier molecular flexibility index (Phi) is 5.03. The van der Waals surface area contributed by atoms with E-state index in [4.69, 9.17) is 0 Å². The number of rotatable bonds is 5. The Morgan fingerprint density at radius 2 is 1.74 bits per heavy atom. The van der Waals surface area contributed by atoms with E-state index in [0.717, 1.165) is 22.2 Å². The standard InChI is InChI=1S/C22H26BrN3O/c1-14(22-9-15-6-16(10-22)8-17(7-15)11-22)25-13-18(12-24)21(27)26-20-4-2-19(23)3-5-20/h2-5,13-17,25H,6-11H2,1H3,(H,26,27)/b18-13-. The zero-order chi connectivity index (χ0) is 19.0. The van der Waals surface area contributed by atoms with E-state index in [9.17, 15) is 10.1 Å². The Morgan fingerprint density at radius 3 is 2.26 bits per heavy atom. The zero-order valence-electron chi connectivity index (χ0n) is 15.7. The predicted molar refractivity (Wildman–Crippen MR) is 110 cm³/mol. The second kappa shape index (κ2) is 7.31. The molecule has 4 nitrogen and oxygen atoms in total. The van der Waals surface area contributed by atoms with Gasteiger partial charge in [0.25, 0.3) is 5.91 Å². The maximum Gasteiger partial charge on any atom is 0.267 e. The van der Waals surface area contributed by atoms with Crippen LogP contribution in [0.15, 0.2) is 40.5 Å². The molecular weight excluding hydrogens is 402 g/mol. The van der Waals surface area contributed by atoms with Gasteiger partial charge in [-0.1, -0.05) is 15.9 Å². The van der Waals surface area contributed by atoms with Crippen molar-refractivity contribution in [1.82, 2.24) is 5.32 Å². The summed E-state index contributed by atoms with van der Waals surface area (Å²) in [5.74, 6) is 2.30. The van der Waals surface area contributed by atoms with E-state index >= 15 is 0 Å². The monoisotopic (exact) mass is 427 g/mol. The van der Waals surface area contributed by atoms with Gasteiger partial charge in [0.15, 0.2) is 0 Å². The van der Waals surface area contributed by atoms with Crippen LogP contribution < -0.4 is 10.6 Å². The second-order valence-electron chi connectivity index (χ2n) is 8.80. The number of nitrogens with zero attached hydrogens (tertiary/aromatic N) is 1. The number of amides is 1. The van der Waals surface area contributed by atoms with Crippen LogP contribution in [0.1, 0.15) is 45.4 Å². The fourth-order valence-corrected chi connectivity index (χ4v) is 6.24. The van der Waals surface area contributed by atoms with Gasteiger partial charge in [-0.05, 0) is 92.9 Å². The molecule has 1 amide bonds. The summed E-state index contributed by atoms with van der Waals surface area (Å²) in [5, 5.41) is 15.6. The van der Waals surface area contributed by atoms with Crippen LogP contribution in [0.5, 0.6) is 0 Å². The third-order valence-corrected chi connectivity index (χ3v) is 7.48. The maximum atomic E-state index is 12.4. The first-order valence-electron chi connectivity index (χ1n) is 9.91. The predicted octanol–water partition coefficient (Wildman–Crippen LogP) is 4.99. The fraction of sp³-hybridized carbons (Fsp3) is 0.545. The van der Waals surface area contributed by atoms with E-state index in [1.807, 2.05) is 30.3 Å². The van der Waals surface area contributed by atoms with Crippen molar-refractivity contribution in [2.45, 2.75) is 51.5 Å². The third-order valence-electron chi connectivity index (χ3n) is 6.95. The summed E-state index contributed by atoms with van der Waals surface area (Å²) in [4.78, 5) is 12.4. The summed E-state index contributed by atoms with van der Waals surface area (Å²) < 4.78 is 0.947. The van der Waals surface area contributed by atoms with Gasteiger partial charge in [0.05, 0.1) is 0 Å². The molecule has 0 radical (unpaired) electrons. The summed E-state index contributed by atoms with van der Waals surface area (Å²) >= 11 is 3.37. The summed E-state index contributed by atoms with van der Waals surface area (Å²) in [7, 11) is 0. The van der Waals surface area contributed by atoms with Crippen LogP contribution in [0.3, 0.4) is 0 Å². The van der Waals surface area contributed by atoms with Gasteiger partial charge in [-0.15, -0.1) is 0 Å². The lowest BCUT2D eigenvalue weighted by Gasteiger charge is -2.59. The van der Waals surface area contributed by atoms with E-state index in [-0.39, 0.29) is 17.5 Å². The smallest absolute Gasteiger partial charge is 0.267 e. The number of nitrogens with one attached hydrogen (secondary N) is 2. The van der Waals surface area contributed by atoms with Crippen LogP contribution in [0.25, 0.3) is 0 Å². The second-order valence-corrected chi connectivity index (χ2v) is 9.71. The first kappa shape index (κ1) is 18.6. The molecule has 1 unspecified atom stereocenters. The van der Waals surface area contributed by atoms with E-state index < -0.39 is 0 Å². The SMILES string of the molecule is CC(N/C=C(/C#N)C(=O)Nc1ccc(Br)cc1)C12CC3CC(CC(C3)C1)C2. The van der Waals surface area contributed by atoms with Crippen molar-refractivity contribution >= 4 is 27.5 Å². The van der Waals surface area contributed by atoms with E-state index in [0.29, 0.717) is 11.1 Å². The minimum Gasteiger partial charge on any atom is -0.387 e. The van der Waals surface area contributed by atoms with Crippen molar-refractivity contribution < 1.29 is 4.79 Å². The highest BCUT2D eigenvalue weighted by Crippen LogP contribution is 2.61. The maximum absolute atomic E-state index is 12.4. The number of nitriles is 1. The van der Waals surface area contributed by atoms with Gasteiger partial charge in [0.1, 0.15) is 11.6 Å². The van der Waals surface area contributed by atoms with Gasteiger partial charge in [0, 0.05) is 22.4 Å². The summed E-state index contributed by atoms with van der Waals surface area (Å²) in [6.45, 7) is 2.23. The molecule has 27 heavy (non-hydrogen) atoms. The lowest BCUT2D eigenvalue weighted by molar-refractivity contribution is -0.112. The topological polar surface area (TPSA) is 64.9 Å². The van der Waals surface area contributed by atoms with Crippen LogP contribution in [-0.4, -0.2) is 11.9 Å². The van der Waals surface area contributed by atoms with Crippen molar-refractivity contribution in [3.63, 3.8) is 0 Å². The molecule has 4 bridgehead atoms. The fourth-order valence-electron chi connectivity index (χ4n) is 5.97. The van der Waals surface area contributed by atoms with Crippen molar-refractivity contribution in [3.05, 3.63) is 40.5 Å². The van der Waals surface area contributed by atoms with Gasteiger partial charge in [-0.25, -0.2) is 0 Å². The number of carbonyl (C=O) groups is 1. The quantitative estimate of drug-likeness (QED) is 0.513. The lowest BCUT2D eigenvalue weighted by Crippen LogP contribution is -2.54. The summed E-state index contributed by atoms with van der Waals surface area (Å²) in [6, 6.07) is 9.66. The van der Waals surface area contributed by atoms with Crippen molar-refractivity contribution in [1.29, 1.82) is 5.26 Å². The molecule has 1 aromatic carbocycles. The Hall–Kier alpha value is -1.80. The summed E-state index contributed by atoms with van der Waals surface area (Å²) in [5.41, 5.74) is 1.14. The molecule has 4 aliphatic rings. The molecule has 0 aromatic heterocycles. The van der Waals surface area contributed by atoms with Crippen LogP contribution >= 0.6 is 15.9 Å². The van der Waals surface area contributed by atoms with Crippen molar-refractivity contribution in [3.8, 4) is 6.07 Å². The van der Waals surface area contributed by atoms with Gasteiger partial charge < -0.3 is 10.6 Å². The summed E-state index contributed by atoms with van der Waals surface area (Å²) in [6.07, 6.45) is 9.77. The zero-order valence-corrected chi connectivity index (χ0v) is 17.3. The highest BCUT2D eigenvalue weighted by Gasteiger charge is 2.52. The molecule has 142 valence electrons. The highest BCUT2D eigenvalue weighted by atomic mass is 79.9. The molecule has 0 spiro atoms. The van der Waals surface area contributed by atoms with Crippen LogP contribution in [0, 0.1) is 34.5 Å². The molecule has 4 saturated carbocycles. The van der Waals surface area contributed by atoms with Crippen LogP contribution in [0.4, 0.5) is 5.69 Å². The number of hydrogen-bond acceptors (Lipinski definition) is 3.